The topological polar surface area (TPSA) is 25.2 Å². The zero-order valence-corrected chi connectivity index (χ0v) is 10.9. The number of nitrogens with one attached hydrogen (secondary N) is 1. The molecule has 0 spiro atoms. The van der Waals surface area contributed by atoms with Crippen LogP contribution in [-0.2, 0) is 6.42 Å². The SMILES string of the molecule is CCCNCC(CC)(CC)Cc1ccco1. The highest BCUT2D eigenvalue weighted by molar-refractivity contribution is 5.02. The van der Waals surface area contributed by atoms with Gasteiger partial charge in [0.1, 0.15) is 5.76 Å². The highest BCUT2D eigenvalue weighted by Gasteiger charge is 2.27. The fraction of sp³-hybridized carbons (Fsp3) is 0.714. The molecule has 0 radical (unpaired) electrons. The van der Waals surface area contributed by atoms with E-state index < -0.39 is 0 Å². The van der Waals surface area contributed by atoms with Gasteiger partial charge in [0.25, 0.3) is 0 Å². The summed E-state index contributed by atoms with van der Waals surface area (Å²) < 4.78 is 5.47. The smallest absolute Gasteiger partial charge is 0.104 e. The molecule has 1 N–H and O–H groups in total. The maximum absolute atomic E-state index is 5.47. The van der Waals surface area contributed by atoms with Gasteiger partial charge in [-0.3, -0.25) is 0 Å². The summed E-state index contributed by atoms with van der Waals surface area (Å²) in [7, 11) is 0. The first-order valence-electron chi connectivity index (χ1n) is 6.49. The van der Waals surface area contributed by atoms with E-state index in [2.05, 4.69) is 32.2 Å². The zero-order valence-electron chi connectivity index (χ0n) is 10.9. The van der Waals surface area contributed by atoms with Gasteiger partial charge in [-0.15, -0.1) is 0 Å². The van der Waals surface area contributed by atoms with Crippen LogP contribution in [0, 0.1) is 5.41 Å². The van der Waals surface area contributed by atoms with E-state index in [0.717, 1.165) is 25.3 Å². The van der Waals surface area contributed by atoms with Gasteiger partial charge in [0, 0.05) is 13.0 Å². The average Bonchev–Trinajstić information content (AvgIpc) is 2.81. The third-order valence-corrected chi connectivity index (χ3v) is 3.56. The van der Waals surface area contributed by atoms with Crippen LogP contribution in [0.3, 0.4) is 0 Å². The van der Waals surface area contributed by atoms with Crippen molar-refractivity contribution in [2.45, 2.75) is 46.5 Å². The van der Waals surface area contributed by atoms with Crippen molar-refractivity contribution in [1.29, 1.82) is 0 Å². The lowest BCUT2D eigenvalue weighted by atomic mass is 9.78. The van der Waals surface area contributed by atoms with Crippen LogP contribution in [0.15, 0.2) is 22.8 Å². The molecule has 0 saturated carbocycles. The molecule has 0 aromatic carbocycles. The lowest BCUT2D eigenvalue weighted by Crippen LogP contribution is -2.35. The summed E-state index contributed by atoms with van der Waals surface area (Å²) >= 11 is 0. The Hall–Kier alpha value is -0.760. The molecule has 16 heavy (non-hydrogen) atoms. The Morgan fingerprint density at radius 2 is 2.00 bits per heavy atom. The lowest BCUT2D eigenvalue weighted by Gasteiger charge is -2.31. The molecular formula is C14H25NO. The van der Waals surface area contributed by atoms with E-state index >= 15 is 0 Å². The summed E-state index contributed by atoms with van der Waals surface area (Å²) in [5, 5.41) is 3.55. The van der Waals surface area contributed by atoms with Crippen molar-refractivity contribution in [2.75, 3.05) is 13.1 Å². The Kier molecular flexibility index (Phi) is 5.61. The van der Waals surface area contributed by atoms with Gasteiger partial charge in [-0.25, -0.2) is 0 Å². The largest absolute Gasteiger partial charge is 0.469 e. The van der Waals surface area contributed by atoms with Crippen LogP contribution < -0.4 is 5.32 Å². The van der Waals surface area contributed by atoms with E-state index in [-0.39, 0.29) is 0 Å². The molecule has 2 nitrogen and oxygen atoms in total. The van der Waals surface area contributed by atoms with Crippen molar-refractivity contribution < 1.29 is 4.42 Å². The molecule has 1 rings (SSSR count). The number of hydrogen-bond acceptors (Lipinski definition) is 2. The monoisotopic (exact) mass is 223 g/mol. The molecule has 0 saturated heterocycles. The highest BCUT2D eigenvalue weighted by Crippen LogP contribution is 2.30. The molecule has 0 atom stereocenters. The van der Waals surface area contributed by atoms with Crippen LogP contribution in [0.5, 0.6) is 0 Å². The molecule has 0 unspecified atom stereocenters. The Bertz CT molecular complexity index is 262. The van der Waals surface area contributed by atoms with Gasteiger partial charge in [-0.2, -0.15) is 0 Å². The molecule has 0 bridgehead atoms. The lowest BCUT2D eigenvalue weighted by molar-refractivity contribution is 0.230. The molecule has 1 heterocycles. The molecular weight excluding hydrogens is 198 g/mol. The Morgan fingerprint density at radius 3 is 2.50 bits per heavy atom. The van der Waals surface area contributed by atoms with Crippen molar-refractivity contribution >= 4 is 0 Å². The first kappa shape index (κ1) is 13.3. The molecule has 0 aliphatic carbocycles. The molecule has 0 amide bonds. The van der Waals surface area contributed by atoms with E-state index in [9.17, 15) is 0 Å². The third-order valence-electron chi connectivity index (χ3n) is 3.56. The molecule has 0 aliphatic rings. The second-order valence-electron chi connectivity index (χ2n) is 4.64. The summed E-state index contributed by atoms with van der Waals surface area (Å²) in [5.41, 5.74) is 0.354. The molecule has 1 aromatic heterocycles. The van der Waals surface area contributed by atoms with Crippen molar-refractivity contribution in [2.24, 2.45) is 5.41 Å². The van der Waals surface area contributed by atoms with Crippen LogP contribution in [-0.4, -0.2) is 13.1 Å². The van der Waals surface area contributed by atoms with Gasteiger partial charge >= 0.3 is 0 Å². The third kappa shape index (κ3) is 3.67. The maximum atomic E-state index is 5.47. The van der Waals surface area contributed by atoms with Gasteiger partial charge in [0.2, 0.25) is 0 Å². The number of hydrogen-bond donors (Lipinski definition) is 1. The van der Waals surface area contributed by atoms with Crippen LogP contribution in [0.2, 0.25) is 0 Å². The van der Waals surface area contributed by atoms with Crippen molar-refractivity contribution in [3.05, 3.63) is 24.2 Å². The molecule has 1 aromatic rings. The van der Waals surface area contributed by atoms with Gasteiger partial charge in [-0.05, 0) is 43.4 Å². The van der Waals surface area contributed by atoms with Gasteiger partial charge in [-0.1, -0.05) is 20.8 Å². The quantitative estimate of drug-likeness (QED) is 0.681. The summed E-state index contributed by atoms with van der Waals surface area (Å²) in [6.45, 7) is 8.97. The molecule has 0 fully saturated rings. The zero-order chi connectivity index (χ0) is 11.9. The van der Waals surface area contributed by atoms with Gasteiger partial charge in [0.05, 0.1) is 6.26 Å². The van der Waals surface area contributed by atoms with E-state index in [1.54, 1.807) is 6.26 Å². The van der Waals surface area contributed by atoms with Crippen LogP contribution >= 0.6 is 0 Å². The summed E-state index contributed by atoms with van der Waals surface area (Å²) in [6, 6.07) is 4.06. The van der Waals surface area contributed by atoms with E-state index in [4.69, 9.17) is 4.42 Å². The Morgan fingerprint density at radius 1 is 1.25 bits per heavy atom. The minimum Gasteiger partial charge on any atom is -0.469 e. The van der Waals surface area contributed by atoms with E-state index in [1.807, 2.05) is 6.07 Å². The average molecular weight is 223 g/mol. The van der Waals surface area contributed by atoms with Gasteiger partial charge in [0.15, 0.2) is 0 Å². The fourth-order valence-corrected chi connectivity index (χ4v) is 2.13. The highest BCUT2D eigenvalue weighted by atomic mass is 16.3. The van der Waals surface area contributed by atoms with Crippen molar-refractivity contribution in [3.63, 3.8) is 0 Å². The van der Waals surface area contributed by atoms with Crippen LogP contribution in [0.25, 0.3) is 0 Å². The first-order chi connectivity index (χ1) is 7.76. The summed E-state index contributed by atoms with van der Waals surface area (Å²) in [4.78, 5) is 0. The van der Waals surface area contributed by atoms with Crippen molar-refractivity contribution in [1.82, 2.24) is 5.32 Å². The summed E-state index contributed by atoms with van der Waals surface area (Å²) in [5.74, 6) is 1.11. The normalized spacial score (nSPS) is 11.9. The predicted octanol–water partition coefficient (Wildman–Crippen LogP) is 3.63. The van der Waals surface area contributed by atoms with E-state index in [0.29, 0.717) is 5.41 Å². The summed E-state index contributed by atoms with van der Waals surface area (Å²) in [6.07, 6.45) is 6.40. The molecule has 0 aliphatic heterocycles. The number of rotatable bonds is 8. The molecule has 2 heteroatoms. The van der Waals surface area contributed by atoms with Crippen LogP contribution in [0.1, 0.15) is 45.8 Å². The second-order valence-corrected chi connectivity index (χ2v) is 4.64. The number of furan rings is 1. The van der Waals surface area contributed by atoms with Crippen molar-refractivity contribution in [3.8, 4) is 0 Å². The fourth-order valence-electron chi connectivity index (χ4n) is 2.13. The van der Waals surface area contributed by atoms with Crippen LogP contribution in [0.4, 0.5) is 0 Å². The molecule has 92 valence electrons. The van der Waals surface area contributed by atoms with Gasteiger partial charge < -0.3 is 9.73 Å². The van der Waals surface area contributed by atoms with E-state index in [1.165, 1.54) is 19.3 Å². The predicted molar refractivity (Wildman–Crippen MR) is 68.6 cm³/mol. The first-order valence-corrected chi connectivity index (χ1v) is 6.49. The Balaban J connectivity index is 2.56. The standard InChI is InChI=1S/C14H25NO/c1-4-9-15-12-14(5-2,6-3)11-13-8-7-10-16-13/h7-8,10,15H,4-6,9,11-12H2,1-3H3. The minimum absolute atomic E-state index is 0.354. The maximum Gasteiger partial charge on any atom is 0.104 e. The Labute approximate surface area is 99.4 Å². The minimum atomic E-state index is 0.354. The second kappa shape index (κ2) is 6.74.